The summed E-state index contributed by atoms with van der Waals surface area (Å²) in [6.07, 6.45) is 5.09. The number of carbonyl (C=O) groups excluding carboxylic acids is 1. The lowest BCUT2D eigenvalue weighted by molar-refractivity contribution is 0.212. The Morgan fingerprint density at radius 1 is 1.35 bits per heavy atom. The Morgan fingerprint density at radius 3 is 2.65 bits per heavy atom. The molecule has 1 aliphatic rings. The Bertz CT molecular complexity index is 663. The van der Waals surface area contributed by atoms with Gasteiger partial charge in [0.2, 0.25) is 0 Å². The zero-order chi connectivity index (χ0) is 16.3. The number of amides is 2. The van der Waals surface area contributed by atoms with Crippen molar-refractivity contribution in [2.45, 2.75) is 37.6 Å². The molecule has 122 valence electrons. The van der Waals surface area contributed by atoms with Crippen LogP contribution in [0.15, 0.2) is 36.7 Å². The van der Waals surface area contributed by atoms with Gasteiger partial charge in [-0.15, -0.1) is 10.2 Å². The summed E-state index contributed by atoms with van der Waals surface area (Å²) in [5, 5.41) is 13.8. The quantitative estimate of drug-likeness (QED) is 0.889. The van der Waals surface area contributed by atoms with Crippen molar-refractivity contribution in [3.8, 4) is 0 Å². The van der Waals surface area contributed by atoms with Crippen LogP contribution in [0.5, 0.6) is 0 Å². The molecule has 1 heterocycles. The zero-order valence-electron chi connectivity index (χ0n) is 13.6. The third-order valence-electron chi connectivity index (χ3n) is 4.77. The number of nitrogens with one attached hydrogen (secondary N) is 2. The molecule has 6 heteroatoms. The van der Waals surface area contributed by atoms with Gasteiger partial charge in [-0.25, -0.2) is 4.79 Å². The molecule has 1 saturated carbocycles. The molecular formula is C17H23N5O. The highest BCUT2D eigenvalue weighted by Gasteiger charge is 2.38. The molecule has 0 radical (unpaired) electrons. The molecule has 2 N–H and O–H groups in total. The summed E-state index contributed by atoms with van der Waals surface area (Å²) in [6, 6.07) is 10.1. The number of aryl methyl sites for hydroxylation is 1. The first-order chi connectivity index (χ1) is 11.1. The Labute approximate surface area is 136 Å². The molecule has 6 nitrogen and oxygen atoms in total. The van der Waals surface area contributed by atoms with Gasteiger partial charge in [0.1, 0.15) is 6.33 Å². The summed E-state index contributed by atoms with van der Waals surface area (Å²) in [6.45, 7) is 2.56. The highest BCUT2D eigenvalue weighted by Crippen LogP contribution is 2.43. The van der Waals surface area contributed by atoms with Crippen LogP contribution in [0.25, 0.3) is 0 Å². The van der Waals surface area contributed by atoms with E-state index < -0.39 is 0 Å². The molecule has 0 saturated heterocycles. The fourth-order valence-electron chi connectivity index (χ4n) is 3.21. The average Bonchev–Trinajstić information content (AvgIpc) is 2.93. The minimum absolute atomic E-state index is 0.0899. The Balaban J connectivity index is 1.57. The van der Waals surface area contributed by atoms with Crippen LogP contribution in [-0.4, -0.2) is 27.3 Å². The smallest absolute Gasteiger partial charge is 0.315 e. The van der Waals surface area contributed by atoms with Gasteiger partial charge in [-0.05, 0) is 25.3 Å². The summed E-state index contributed by atoms with van der Waals surface area (Å²) in [5.74, 6) is 0.738. The predicted octanol–water partition coefficient (Wildman–Crippen LogP) is 2.30. The lowest BCUT2D eigenvalue weighted by atomic mass is 9.64. The normalized spacial score (nSPS) is 17.1. The lowest BCUT2D eigenvalue weighted by Crippen LogP contribution is -2.48. The van der Waals surface area contributed by atoms with Crippen LogP contribution < -0.4 is 10.6 Å². The SMILES string of the molecule is C[C@@H](NC(=O)NCC1(c2ccccc2)CCC1)c1nncn1C. The van der Waals surface area contributed by atoms with Crippen LogP contribution >= 0.6 is 0 Å². The maximum Gasteiger partial charge on any atom is 0.315 e. The number of carbonyl (C=O) groups is 1. The van der Waals surface area contributed by atoms with Crippen LogP contribution in [0.3, 0.4) is 0 Å². The molecule has 23 heavy (non-hydrogen) atoms. The monoisotopic (exact) mass is 313 g/mol. The Kier molecular flexibility index (Phi) is 4.32. The number of aromatic nitrogens is 3. The number of rotatable bonds is 5. The molecule has 0 aliphatic heterocycles. The average molecular weight is 313 g/mol. The Morgan fingerprint density at radius 2 is 2.09 bits per heavy atom. The van der Waals surface area contributed by atoms with Gasteiger partial charge in [0.25, 0.3) is 0 Å². The highest BCUT2D eigenvalue weighted by atomic mass is 16.2. The van der Waals surface area contributed by atoms with Crippen molar-refractivity contribution < 1.29 is 4.79 Å². The van der Waals surface area contributed by atoms with Gasteiger partial charge in [0, 0.05) is 19.0 Å². The van der Waals surface area contributed by atoms with Crippen molar-refractivity contribution in [1.82, 2.24) is 25.4 Å². The predicted molar refractivity (Wildman–Crippen MR) is 87.9 cm³/mol. The van der Waals surface area contributed by atoms with Gasteiger partial charge in [-0.2, -0.15) is 0 Å². The van der Waals surface area contributed by atoms with Crippen LogP contribution in [0.1, 0.15) is 43.6 Å². The molecule has 1 aliphatic carbocycles. The first kappa shape index (κ1) is 15.5. The summed E-state index contributed by atoms with van der Waals surface area (Å²) in [5.41, 5.74) is 1.40. The number of benzene rings is 1. The highest BCUT2D eigenvalue weighted by molar-refractivity contribution is 5.74. The summed E-state index contributed by atoms with van der Waals surface area (Å²) in [7, 11) is 1.87. The van der Waals surface area contributed by atoms with E-state index in [-0.39, 0.29) is 17.5 Å². The van der Waals surface area contributed by atoms with Crippen molar-refractivity contribution in [1.29, 1.82) is 0 Å². The van der Waals surface area contributed by atoms with E-state index in [2.05, 4.69) is 45.1 Å². The molecule has 2 aromatic rings. The molecule has 2 amide bonds. The van der Waals surface area contributed by atoms with E-state index >= 15 is 0 Å². The van der Waals surface area contributed by atoms with Crippen molar-refractivity contribution in [3.63, 3.8) is 0 Å². The second-order valence-electron chi connectivity index (χ2n) is 6.35. The van der Waals surface area contributed by atoms with E-state index in [4.69, 9.17) is 0 Å². The van der Waals surface area contributed by atoms with E-state index in [1.165, 1.54) is 12.0 Å². The van der Waals surface area contributed by atoms with Crippen LogP contribution in [0.2, 0.25) is 0 Å². The van der Waals surface area contributed by atoms with E-state index in [1.54, 1.807) is 6.33 Å². The lowest BCUT2D eigenvalue weighted by Gasteiger charge is -2.42. The summed E-state index contributed by atoms with van der Waals surface area (Å²) >= 11 is 0. The third kappa shape index (κ3) is 3.21. The van der Waals surface area contributed by atoms with Crippen molar-refractivity contribution in [2.24, 2.45) is 7.05 Å². The van der Waals surface area contributed by atoms with Gasteiger partial charge in [0.15, 0.2) is 5.82 Å². The maximum atomic E-state index is 12.2. The van der Waals surface area contributed by atoms with Crippen LogP contribution in [0.4, 0.5) is 4.79 Å². The van der Waals surface area contributed by atoms with Gasteiger partial charge in [-0.3, -0.25) is 0 Å². The number of urea groups is 1. The van der Waals surface area contributed by atoms with Gasteiger partial charge in [-0.1, -0.05) is 36.8 Å². The molecule has 0 unspecified atom stereocenters. The van der Waals surface area contributed by atoms with Crippen LogP contribution in [-0.2, 0) is 12.5 Å². The number of nitrogens with zero attached hydrogens (tertiary/aromatic N) is 3. The van der Waals surface area contributed by atoms with Gasteiger partial charge < -0.3 is 15.2 Å². The fourth-order valence-corrected chi connectivity index (χ4v) is 3.21. The standard InChI is InChI=1S/C17H23N5O/c1-13(15-21-19-12-22(15)2)20-16(23)18-11-17(9-6-10-17)14-7-4-3-5-8-14/h3-5,7-8,12-13H,6,9-11H2,1-2H3,(H2,18,20,23)/t13-/m1/s1. The molecular weight excluding hydrogens is 290 g/mol. The minimum Gasteiger partial charge on any atom is -0.337 e. The van der Waals surface area contributed by atoms with Crippen molar-refractivity contribution in [3.05, 3.63) is 48.0 Å². The number of hydrogen-bond donors (Lipinski definition) is 2. The molecule has 3 rings (SSSR count). The molecule has 1 fully saturated rings. The summed E-state index contributed by atoms with van der Waals surface area (Å²) < 4.78 is 1.81. The van der Waals surface area contributed by atoms with Gasteiger partial charge in [0.05, 0.1) is 6.04 Å². The molecule has 1 atom stereocenters. The zero-order valence-corrected chi connectivity index (χ0v) is 13.6. The van der Waals surface area contributed by atoms with Crippen LogP contribution in [0, 0.1) is 0 Å². The molecule has 0 spiro atoms. The third-order valence-corrected chi connectivity index (χ3v) is 4.77. The second-order valence-corrected chi connectivity index (χ2v) is 6.35. The summed E-state index contributed by atoms with van der Waals surface area (Å²) in [4.78, 5) is 12.2. The van der Waals surface area contributed by atoms with E-state index in [9.17, 15) is 4.79 Å². The Hall–Kier alpha value is -2.37. The molecule has 0 bridgehead atoms. The van der Waals surface area contributed by atoms with E-state index in [1.807, 2.05) is 24.6 Å². The molecule has 1 aromatic carbocycles. The van der Waals surface area contributed by atoms with Crippen molar-refractivity contribution in [2.75, 3.05) is 6.54 Å². The van der Waals surface area contributed by atoms with E-state index in [0.29, 0.717) is 6.54 Å². The van der Waals surface area contributed by atoms with Crippen molar-refractivity contribution >= 4 is 6.03 Å². The first-order valence-electron chi connectivity index (χ1n) is 8.04. The van der Waals surface area contributed by atoms with Gasteiger partial charge >= 0.3 is 6.03 Å². The fraction of sp³-hybridized carbons (Fsp3) is 0.471. The maximum absolute atomic E-state index is 12.2. The second kappa shape index (κ2) is 6.40. The topological polar surface area (TPSA) is 71.8 Å². The largest absolute Gasteiger partial charge is 0.337 e. The molecule has 1 aromatic heterocycles. The first-order valence-corrected chi connectivity index (χ1v) is 8.04. The number of hydrogen-bond acceptors (Lipinski definition) is 3. The minimum atomic E-state index is -0.184. The van der Waals surface area contributed by atoms with E-state index in [0.717, 1.165) is 18.7 Å².